The number of ether oxygens (including phenoxy) is 1. The van der Waals surface area contributed by atoms with E-state index in [0.717, 1.165) is 11.1 Å². The number of rotatable bonds is 14. The minimum Gasteiger partial charge on any atom is -0.392 e. The summed E-state index contributed by atoms with van der Waals surface area (Å²) >= 11 is 0. The highest BCUT2D eigenvalue weighted by atomic mass is 16.5. The maximum Gasteiger partial charge on any atom is 0.0721 e. The van der Waals surface area contributed by atoms with Crippen molar-refractivity contribution in [3.63, 3.8) is 0 Å². The van der Waals surface area contributed by atoms with Crippen LogP contribution in [0.5, 0.6) is 0 Å². The van der Waals surface area contributed by atoms with Crippen LogP contribution in [0.4, 0.5) is 0 Å². The van der Waals surface area contributed by atoms with Crippen molar-refractivity contribution < 1.29 is 9.84 Å². The molecule has 0 heterocycles. The SMILES string of the molecule is CCCCCCCCCC/C=C/COCc1ccc(CO)cc1. The zero-order valence-electron chi connectivity index (χ0n) is 14.8. The fourth-order valence-corrected chi connectivity index (χ4v) is 2.57. The van der Waals surface area contributed by atoms with Crippen LogP contribution >= 0.6 is 0 Å². The van der Waals surface area contributed by atoms with E-state index in [1.807, 2.05) is 24.3 Å². The van der Waals surface area contributed by atoms with E-state index in [1.54, 1.807) is 0 Å². The van der Waals surface area contributed by atoms with Gasteiger partial charge in [0.05, 0.1) is 19.8 Å². The molecule has 0 aliphatic carbocycles. The summed E-state index contributed by atoms with van der Waals surface area (Å²) in [6.45, 7) is 3.68. The van der Waals surface area contributed by atoms with Crippen molar-refractivity contribution in [1.82, 2.24) is 0 Å². The van der Waals surface area contributed by atoms with Crippen molar-refractivity contribution in [2.24, 2.45) is 0 Å². The van der Waals surface area contributed by atoms with Gasteiger partial charge in [-0.2, -0.15) is 0 Å². The first-order valence-corrected chi connectivity index (χ1v) is 9.28. The predicted molar refractivity (Wildman–Crippen MR) is 98.4 cm³/mol. The van der Waals surface area contributed by atoms with Crippen LogP contribution in [0.2, 0.25) is 0 Å². The van der Waals surface area contributed by atoms with Gasteiger partial charge in [-0.1, -0.05) is 88.3 Å². The van der Waals surface area contributed by atoms with E-state index in [2.05, 4.69) is 19.1 Å². The quantitative estimate of drug-likeness (QED) is 0.348. The Bertz CT molecular complexity index is 395. The molecule has 2 heteroatoms. The Hall–Kier alpha value is -1.12. The Labute approximate surface area is 142 Å². The maximum absolute atomic E-state index is 8.99. The van der Waals surface area contributed by atoms with Gasteiger partial charge in [0.15, 0.2) is 0 Å². The molecule has 0 aliphatic heterocycles. The molecule has 0 spiro atoms. The monoisotopic (exact) mass is 318 g/mol. The van der Waals surface area contributed by atoms with E-state index in [0.29, 0.717) is 13.2 Å². The van der Waals surface area contributed by atoms with Gasteiger partial charge in [0.25, 0.3) is 0 Å². The Morgan fingerprint density at radius 2 is 1.43 bits per heavy atom. The third-order valence-electron chi connectivity index (χ3n) is 4.08. The zero-order chi connectivity index (χ0) is 16.6. The highest BCUT2D eigenvalue weighted by Gasteiger charge is 1.94. The first kappa shape index (κ1) is 19.9. The lowest BCUT2D eigenvalue weighted by molar-refractivity contribution is 0.148. The van der Waals surface area contributed by atoms with Crippen LogP contribution in [0, 0.1) is 0 Å². The summed E-state index contributed by atoms with van der Waals surface area (Å²) in [6, 6.07) is 7.90. The number of hydrogen-bond donors (Lipinski definition) is 1. The molecular formula is C21H34O2. The summed E-state index contributed by atoms with van der Waals surface area (Å²) in [4.78, 5) is 0. The van der Waals surface area contributed by atoms with Crippen LogP contribution < -0.4 is 0 Å². The third kappa shape index (κ3) is 11.1. The van der Waals surface area contributed by atoms with Crippen molar-refractivity contribution in [3.05, 3.63) is 47.5 Å². The van der Waals surface area contributed by atoms with Gasteiger partial charge in [0.2, 0.25) is 0 Å². The summed E-state index contributed by atoms with van der Waals surface area (Å²) in [6.07, 6.45) is 16.5. The highest BCUT2D eigenvalue weighted by molar-refractivity contribution is 5.21. The molecule has 0 aliphatic rings. The van der Waals surface area contributed by atoms with Gasteiger partial charge in [-0.05, 0) is 24.0 Å². The Morgan fingerprint density at radius 1 is 0.826 bits per heavy atom. The predicted octanol–water partition coefficient (Wildman–Crippen LogP) is 5.78. The number of allylic oxidation sites excluding steroid dienone is 1. The van der Waals surface area contributed by atoms with Gasteiger partial charge < -0.3 is 9.84 Å². The minimum absolute atomic E-state index is 0.0998. The van der Waals surface area contributed by atoms with Crippen molar-refractivity contribution in [2.45, 2.75) is 77.9 Å². The standard InChI is InChI=1S/C21H34O2/c1-2-3-4-5-6-7-8-9-10-11-12-17-23-19-21-15-13-20(18-22)14-16-21/h11-16,22H,2-10,17-19H2,1H3/b12-11+. The van der Waals surface area contributed by atoms with E-state index in [1.165, 1.54) is 57.8 Å². The number of benzene rings is 1. The van der Waals surface area contributed by atoms with E-state index in [9.17, 15) is 0 Å². The summed E-state index contributed by atoms with van der Waals surface area (Å²) < 4.78 is 5.63. The lowest BCUT2D eigenvalue weighted by atomic mass is 10.1. The van der Waals surface area contributed by atoms with Gasteiger partial charge in [-0.3, -0.25) is 0 Å². The third-order valence-corrected chi connectivity index (χ3v) is 4.08. The molecule has 0 aromatic heterocycles. The van der Waals surface area contributed by atoms with E-state index >= 15 is 0 Å². The Kier molecular flexibility index (Phi) is 12.5. The van der Waals surface area contributed by atoms with Crippen LogP contribution in [0.25, 0.3) is 0 Å². The topological polar surface area (TPSA) is 29.5 Å². The molecule has 0 atom stereocenters. The second-order valence-corrected chi connectivity index (χ2v) is 6.22. The van der Waals surface area contributed by atoms with E-state index in [4.69, 9.17) is 9.84 Å². The Balaban J connectivity index is 1.90. The van der Waals surface area contributed by atoms with Crippen LogP contribution in [-0.2, 0) is 18.0 Å². The minimum atomic E-state index is 0.0998. The first-order chi connectivity index (χ1) is 11.4. The van der Waals surface area contributed by atoms with Gasteiger partial charge >= 0.3 is 0 Å². The van der Waals surface area contributed by atoms with Gasteiger partial charge in [-0.25, -0.2) is 0 Å². The zero-order valence-corrected chi connectivity index (χ0v) is 14.8. The van der Waals surface area contributed by atoms with Gasteiger partial charge in [-0.15, -0.1) is 0 Å². The van der Waals surface area contributed by atoms with Crippen molar-refractivity contribution in [3.8, 4) is 0 Å². The molecule has 1 rings (SSSR count). The number of unbranched alkanes of at least 4 members (excludes halogenated alkanes) is 8. The fourth-order valence-electron chi connectivity index (χ4n) is 2.57. The normalized spacial score (nSPS) is 11.4. The number of hydrogen-bond acceptors (Lipinski definition) is 2. The fraction of sp³-hybridized carbons (Fsp3) is 0.619. The van der Waals surface area contributed by atoms with Crippen molar-refractivity contribution in [2.75, 3.05) is 6.61 Å². The molecule has 1 aromatic rings. The first-order valence-electron chi connectivity index (χ1n) is 9.28. The second-order valence-electron chi connectivity index (χ2n) is 6.22. The molecule has 0 saturated carbocycles. The molecule has 0 radical (unpaired) electrons. The molecule has 1 aromatic carbocycles. The second kappa shape index (κ2) is 14.5. The van der Waals surface area contributed by atoms with Gasteiger partial charge in [0, 0.05) is 0 Å². The van der Waals surface area contributed by atoms with E-state index < -0.39 is 0 Å². The molecular weight excluding hydrogens is 284 g/mol. The molecule has 130 valence electrons. The summed E-state index contributed by atoms with van der Waals surface area (Å²) in [5.74, 6) is 0. The average molecular weight is 319 g/mol. The van der Waals surface area contributed by atoms with Crippen LogP contribution in [0.15, 0.2) is 36.4 Å². The van der Waals surface area contributed by atoms with E-state index in [-0.39, 0.29) is 6.61 Å². The lowest BCUT2D eigenvalue weighted by Crippen LogP contribution is -1.93. The average Bonchev–Trinajstić information content (AvgIpc) is 2.59. The summed E-state index contributed by atoms with van der Waals surface area (Å²) in [7, 11) is 0. The van der Waals surface area contributed by atoms with Crippen LogP contribution in [0.3, 0.4) is 0 Å². The number of aliphatic hydroxyl groups is 1. The van der Waals surface area contributed by atoms with Crippen molar-refractivity contribution in [1.29, 1.82) is 0 Å². The number of aliphatic hydroxyl groups excluding tert-OH is 1. The molecule has 2 nitrogen and oxygen atoms in total. The highest BCUT2D eigenvalue weighted by Crippen LogP contribution is 2.10. The maximum atomic E-state index is 8.99. The molecule has 0 saturated heterocycles. The molecule has 0 amide bonds. The molecule has 23 heavy (non-hydrogen) atoms. The largest absolute Gasteiger partial charge is 0.392 e. The summed E-state index contributed by atoms with van der Waals surface area (Å²) in [5.41, 5.74) is 2.10. The van der Waals surface area contributed by atoms with Crippen molar-refractivity contribution >= 4 is 0 Å². The van der Waals surface area contributed by atoms with Crippen LogP contribution in [-0.4, -0.2) is 11.7 Å². The summed E-state index contributed by atoms with van der Waals surface area (Å²) in [5, 5.41) is 8.99. The van der Waals surface area contributed by atoms with Gasteiger partial charge in [0.1, 0.15) is 0 Å². The smallest absolute Gasteiger partial charge is 0.0721 e. The molecule has 0 fully saturated rings. The lowest BCUT2D eigenvalue weighted by Gasteiger charge is -2.03. The molecule has 1 N–H and O–H groups in total. The van der Waals surface area contributed by atoms with Crippen LogP contribution in [0.1, 0.15) is 75.8 Å². The Morgan fingerprint density at radius 3 is 2.09 bits per heavy atom. The molecule has 0 unspecified atom stereocenters. The molecule has 0 bridgehead atoms.